The van der Waals surface area contributed by atoms with Gasteiger partial charge in [0.1, 0.15) is 17.7 Å². The van der Waals surface area contributed by atoms with E-state index in [2.05, 4.69) is 31.9 Å². The molecule has 2 aliphatic rings. The fraction of sp³-hybridized carbons (Fsp3) is 0.786. The maximum absolute atomic E-state index is 11.7. The van der Waals surface area contributed by atoms with Gasteiger partial charge < -0.3 is 15.0 Å². The van der Waals surface area contributed by atoms with Gasteiger partial charge in [-0.15, -0.1) is 10.2 Å². The van der Waals surface area contributed by atoms with Gasteiger partial charge in [-0.3, -0.25) is 9.69 Å². The number of carbonyl (C=O) groups is 1. The highest BCUT2D eigenvalue weighted by Gasteiger charge is 2.46. The summed E-state index contributed by atoms with van der Waals surface area (Å²) in [6.07, 6.45) is 5.03. The lowest BCUT2D eigenvalue weighted by atomic mass is 9.97. The van der Waals surface area contributed by atoms with Gasteiger partial charge in [0.15, 0.2) is 0 Å². The van der Waals surface area contributed by atoms with Crippen LogP contribution in [0.5, 0.6) is 0 Å². The molecule has 1 saturated carbocycles. The lowest BCUT2D eigenvalue weighted by Gasteiger charge is -2.33. The van der Waals surface area contributed by atoms with E-state index >= 15 is 0 Å². The molecular formula is C14H23N5O2. The van der Waals surface area contributed by atoms with Crippen molar-refractivity contribution in [2.75, 3.05) is 13.1 Å². The molecule has 0 spiro atoms. The highest BCUT2D eigenvalue weighted by Crippen LogP contribution is 2.34. The van der Waals surface area contributed by atoms with Crippen molar-refractivity contribution < 1.29 is 9.90 Å². The number of carboxylic acids is 1. The molecule has 0 aromatic carbocycles. The number of hydrogen-bond donors (Lipinski definition) is 2. The molecule has 0 bridgehead atoms. The quantitative estimate of drug-likeness (QED) is 0.821. The summed E-state index contributed by atoms with van der Waals surface area (Å²) in [4.78, 5) is 14.1. The molecule has 0 saturated heterocycles. The van der Waals surface area contributed by atoms with Gasteiger partial charge in [-0.25, -0.2) is 0 Å². The monoisotopic (exact) mass is 293 g/mol. The van der Waals surface area contributed by atoms with Gasteiger partial charge >= 0.3 is 5.97 Å². The van der Waals surface area contributed by atoms with Crippen LogP contribution in [0.1, 0.15) is 38.4 Å². The van der Waals surface area contributed by atoms with Crippen LogP contribution in [0.25, 0.3) is 0 Å². The maximum Gasteiger partial charge on any atom is 0.323 e. The lowest BCUT2D eigenvalue weighted by Crippen LogP contribution is -2.52. The molecule has 0 amide bonds. The smallest absolute Gasteiger partial charge is 0.323 e. The van der Waals surface area contributed by atoms with Crippen LogP contribution in [0, 0.1) is 0 Å². The molecular weight excluding hydrogens is 270 g/mol. The third-order valence-corrected chi connectivity index (χ3v) is 4.80. The summed E-state index contributed by atoms with van der Waals surface area (Å²) in [6.45, 7) is 5.43. The molecule has 2 atom stereocenters. The molecule has 116 valence electrons. The first kappa shape index (κ1) is 14.5. The van der Waals surface area contributed by atoms with Crippen molar-refractivity contribution in [1.29, 1.82) is 0 Å². The van der Waals surface area contributed by atoms with Crippen LogP contribution in [0.4, 0.5) is 0 Å². The summed E-state index contributed by atoms with van der Waals surface area (Å²) >= 11 is 0. The molecule has 7 heteroatoms. The largest absolute Gasteiger partial charge is 0.480 e. The zero-order valence-corrected chi connectivity index (χ0v) is 12.5. The molecule has 1 aliphatic heterocycles. The number of rotatable bonds is 5. The Morgan fingerprint density at radius 3 is 3.19 bits per heavy atom. The van der Waals surface area contributed by atoms with Crippen LogP contribution < -0.4 is 5.32 Å². The highest BCUT2D eigenvalue weighted by atomic mass is 16.4. The summed E-state index contributed by atoms with van der Waals surface area (Å²) in [5.41, 5.74) is -0.744. The Kier molecular flexibility index (Phi) is 3.95. The highest BCUT2D eigenvalue weighted by molar-refractivity contribution is 5.79. The van der Waals surface area contributed by atoms with E-state index in [0.717, 1.165) is 44.8 Å². The summed E-state index contributed by atoms with van der Waals surface area (Å²) < 4.78 is 2.07. The van der Waals surface area contributed by atoms with Crippen molar-refractivity contribution in [3.63, 3.8) is 0 Å². The lowest BCUT2D eigenvalue weighted by molar-refractivity contribution is -0.144. The van der Waals surface area contributed by atoms with Crippen molar-refractivity contribution in [2.45, 2.75) is 57.3 Å². The summed E-state index contributed by atoms with van der Waals surface area (Å²) in [5.74, 6) is 0.272. The van der Waals surface area contributed by atoms with Crippen molar-refractivity contribution in [2.24, 2.45) is 0 Å². The Morgan fingerprint density at radius 1 is 1.57 bits per heavy atom. The number of hydrogen-bond acceptors (Lipinski definition) is 5. The van der Waals surface area contributed by atoms with E-state index in [9.17, 15) is 9.90 Å². The zero-order valence-electron chi connectivity index (χ0n) is 12.5. The van der Waals surface area contributed by atoms with E-state index in [0.29, 0.717) is 18.9 Å². The van der Waals surface area contributed by atoms with Crippen molar-refractivity contribution >= 4 is 5.97 Å². The molecule has 1 aromatic rings. The van der Waals surface area contributed by atoms with Gasteiger partial charge in [-0.2, -0.15) is 0 Å². The van der Waals surface area contributed by atoms with Crippen molar-refractivity contribution in [1.82, 2.24) is 25.0 Å². The topological polar surface area (TPSA) is 83.3 Å². The standard InChI is InChI=1S/C14H23N5O2/c1-2-5-15-14(13(20)21)4-3-11(8-14)18-6-7-19-10-16-17-12(19)9-18/h10-11,15H,2-9H2,1H3,(H,20,21). The second-order valence-electron chi connectivity index (χ2n) is 6.12. The minimum atomic E-state index is -0.744. The van der Waals surface area contributed by atoms with E-state index < -0.39 is 11.5 Å². The third kappa shape index (κ3) is 2.67. The van der Waals surface area contributed by atoms with Gasteiger partial charge in [0, 0.05) is 19.1 Å². The van der Waals surface area contributed by atoms with Gasteiger partial charge in [-0.1, -0.05) is 6.92 Å². The summed E-state index contributed by atoms with van der Waals surface area (Å²) in [5, 5.41) is 21.0. The predicted molar refractivity (Wildman–Crippen MR) is 76.7 cm³/mol. The molecule has 3 rings (SSSR count). The maximum atomic E-state index is 11.7. The van der Waals surface area contributed by atoms with E-state index in [1.165, 1.54) is 0 Å². The van der Waals surface area contributed by atoms with Crippen LogP contribution in [0.15, 0.2) is 6.33 Å². The van der Waals surface area contributed by atoms with E-state index in [1.807, 2.05) is 0 Å². The van der Waals surface area contributed by atoms with Crippen LogP contribution in [0.2, 0.25) is 0 Å². The van der Waals surface area contributed by atoms with E-state index in [1.54, 1.807) is 6.33 Å². The molecule has 2 N–H and O–H groups in total. The van der Waals surface area contributed by atoms with Crippen LogP contribution in [-0.2, 0) is 17.9 Å². The fourth-order valence-electron chi connectivity index (χ4n) is 3.52. The first-order valence-corrected chi connectivity index (χ1v) is 7.74. The first-order chi connectivity index (χ1) is 10.1. The SMILES string of the molecule is CCCNC1(C(=O)O)CCC(N2CCn3cnnc3C2)C1. The first-order valence-electron chi connectivity index (χ1n) is 7.74. The minimum absolute atomic E-state index is 0.316. The molecule has 7 nitrogen and oxygen atoms in total. The molecule has 0 radical (unpaired) electrons. The predicted octanol–water partition coefficient (Wildman–Crippen LogP) is 0.469. The molecule has 1 aromatic heterocycles. The van der Waals surface area contributed by atoms with E-state index in [4.69, 9.17) is 0 Å². The number of nitrogens with one attached hydrogen (secondary N) is 1. The Hall–Kier alpha value is -1.47. The van der Waals surface area contributed by atoms with Gasteiger partial charge in [0.2, 0.25) is 0 Å². The van der Waals surface area contributed by atoms with Crippen LogP contribution in [0.3, 0.4) is 0 Å². The average molecular weight is 293 g/mol. The van der Waals surface area contributed by atoms with Gasteiger partial charge in [0.25, 0.3) is 0 Å². The Bertz CT molecular complexity index is 517. The summed E-state index contributed by atoms with van der Waals surface area (Å²) in [6, 6.07) is 0.316. The average Bonchev–Trinajstić information content (AvgIpc) is 3.11. The van der Waals surface area contributed by atoms with Crippen molar-refractivity contribution in [3.8, 4) is 0 Å². The normalized spacial score (nSPS) is 29.5. The molecule has 1 fully saturated rings. The number of nitrogens with zero attached hydrogens (tertiary/aromatic N) is 4. The molecule has 2 unspecified atom stereocenters. The van der Waals surface area contributed by atoms with Gasteiger partial charge in [-0.05, 0) is 32.2 Å². The Balaban J connectivity index is 1.67. The third-order valence-electron chi connectivity index (χ3n) is 4.80. The minimum Gasteiger partial charge on any atom is -0.480 e. The Labute approximate surface area is 124 Å². The van der Waals surface area contributed by atoms with Crippen LogP contribution in [-0.4, -0.2) is 55.4 Å². The summed E-state index contributed by atoms with van der Waals surface area (Å²) in [7, 11) is 0. The van der Waals surface area contributed by atoms with E-state index in [-0.39, 0.29) is 0 Å². The molecule has 1 aliphatic carbocycles. The number of carboxylic acid groups (broad SMARTS) is 1. The second kappa shape index (κ2) is 5.73. The zero-order chi connectivity index (χ0) is 14.9. The number of fused-ring (bicyclic) bond motifs is 1. The number of aliphatic carboxylic acids is 1. The van der Waals surface area contributed by atoms with Crippen molar-refractivity contribution in [3.05, 3.63) is 12.2 Å². The number of aromatic nitrogens is 3. The fourth-order valence-corrected chi connectivity index (χ4v) is 3.52. The van der Waals surface area contributed by atoms with Crippen LogP contribution >= 0.6 is 0 Å². The molecule has 2 heterocycles. The second-order valence-corrected chi connectivity index (χ2v) is 6.12. The molecule has 21 heavy (non-hydrogen) atoms. The van der Waals surface area contributed by atoms with Gasteiger partial charge in [0.05, 0.1) is 6.54 Å². The Morgan fingerprint density at radius 2 is 2.43 bits per heavy atom.